The summed E-state index contributed by atoms with van der Waals surface area (Å²) in [6.45, 7) is 0.768. The molecular weight excluding hydrogens is 563 g/mol. The van der Waals surface area contributed by atoms with Crippen LogP contribution in [-0.2, 0) is 29.8 Å². The highest BCUT2D eigenvalue weighted by Gasteiger charge is 2.55. The molecule has 2 aromatic carbocycles. The lowest BCUT2D eigenvalue weighted by Crippen LogP contribution is -2.56. The van der Waals surface area contributed by atoms with Gasteiger partial charge in [0.2, 0.25) is 15.0 Å². The van der Waals surface area contributed by atoms with Crippen LogP contribution in [0.1, 0.15) is 40.9 Å². The van der Waals surface area contributed by atoms with Gasteiger partial charge in [-0.15, -0.1) is 0 Å². The average molecular weight is 581 g/mol. The zero-order chi connectivity index (χ0) is 26.9. The third-order valence-corrected chi connectivity index (χ3v) is 8.17. The van der Waals surface area contributed by atoms with Crippen molar-refractivity contribution in [1.82, 2.24) is 5.32 Å². The van der Waals surface area contributed by atoms with Crippen LogP contribution in [0.2, 0.25) is 10.0 Å². The Morgan fingerprint density at radius 3 is 2.49 bits per heavy atom. The van der Waals surface area contributed by atoms with Crippen molar-refractivity contribution in [3.63, 3.8) is 0 Å². The molecule has 0 amide bonds. The lowest BCUT2D eigenvalue weighted by atomic mass is 9.83. The number of hydrogen-bond acceptors (Lipinski definition) is 7. The molecule has 5 rings (SSSR count). The van der Waals surface area contributed by atoms with Crippen molar-refractivity contribution in [2.24, 2.45) is 11.1 Å². The first-order valence-corrected chi connectivity index (χ1v) is 13.6. The molecule has 0 radical (unpaired) electrons. The second kappa shape index (κ2) is 8.91. The van der Waals surface area contributed by atoms with Gasteiger partial charge >= 0.3 is 6.18 Å². The molecule has 0 bridgehead atoms. The van der Waals surface area contributed by atoms with E-state index in [-0.39, 0.29) is 10.6 Å². The summed E-state index contributed by atoms with van der Waals surface area (Å²) in [6, 6.07) is 6.42. The highest BCUT2D eigenvalue weighted by Crippen LogP contribution is 2.50. The van der Waals surface area contributed by atoms with Crippen molar-refractivity contribution < 1.29 is 40.3 Å². The van der Waals surface area contributed by atoms with Crippen molar-refractivity contribution in [3.8, 4) is 0 Å². The molecule has 1 saturated heterocycles. The number of nitrogens with one attached hydrogen (secondary N) is 1. The van der Waals surface area contributed by atoms with Crippen LogP contribution in [0.5, 0.6) is 0 Å². The summed E-state index contributed by atoms with van der Waals surface area (Å²) in [5.74, 6) is -3.48. The fourth-order valence-corrected chi connectivity index (χ4v) is 5.80. The van der Waals surface area contributed by atoms with Crippen molar-refractivity contribution in [1.29, 1.82) is 0 Å². The molecule has 2 aromatic rings. The number of fused-ring (bicyclic) bond motifs is 2. The minimum Gasteiger partial charge on any atom is -0.386 e. The molecule has 0 aromatic heterocycles. The maximum atomic E-state index is 14.7. The van der Waals surface area contributed by atoms with E-state index in [0.717, 1.165) is 18.4 Å². The number of rotatable bonds is 4. The third-order valence-electron chi connectivity index (χ3n) is 6.68. The van der Waals surface area contributed by atoms with Gasteiger partial charge in [0.15, 0.2) is 6.10 Å². The normalized spacial score (nSPS) is 24.4. The number of halogens is 6. The molecule has 1 spiro atoms. The van der Waals surface area contributed by atoms with Crippen LogP contribution in [0.25, 0.3) is 0 Å². The fraction of sp³-hybridized carbons (Fsp3) is 0.391. The average Bonchev–Trinajstić information content (AvgIpc) is 3.35. The SMILES string of the molecule is CS(=O)(=O)C(=O)C[C@H]1OC2(CNC2)c2ccc(C3=NOC(c4cc(Cl)cc(Cl)c4F)C3C(F)(F)F)cc21. The lowest BCUT2D eigenvalue weighted by Gasteiger charge is -2.39. The van der Waals surface area contributed by atoms with Gasteiger partial charge in [0, 0.05) is 35.5 Å². The van der Waals surface area contributed by atoms with Crippen LogP contribution in [0, 0.1) is 11.7 Å². The summed E-state index contributed by atoms with van der Waals surface area (Å²) >= 11 is 11.7. The topological polar surface area (TPSA) is 94.1 Å². The van der Waals surface area contributed by atoms with Crippen LogP contribution >= 0.6 is 23.2 Å². The Hall–Kier alpha value is -2.25. The molecule has 3 aliphatic heterocycles. The summed E-state index contributed by atoms with van der Waals surface area (Å²) in [5, 5.41) is 5.11. The summed E-state index contributed by atoms with van der Waals surface area (Å²) in [5.41, 5.74) is -0.830. The fourth-order valence-electron chi connectivity index (χ4n) is 4.84. The van der Waals surface area contributed by atoms with E-state index >= 15 is 0 Å². The number of nitrogens with zero attached hydrogens (tertiary/aromatic N) is 1. The molecule has 2 unspecified atom stereocenters. The first kappa shape index (κ1) is 26.4. The molecule has 3 atom stereocenters. The highest BCUT2D eigenvalue weighted by molar-refractivity contribution is 8.05. The van der Waals surface area contributed by atoms with Gasteiger partial charge in [-0.3, -0.25) is 4.79 Å². The minimum absolute atomic E-state index is 0.00171. The summed E-state index contributed by atoms with van der Waals surface area (Å²) in [4.78, 5) is 17.3. The Morgan fingerprint density at radius 2 is 1.89 bits per heavy atom. The molecule has 0 aliphatic carbocycles. The molecule has 7 nitrogen and oxygen atoms in total. The number of oxime groups is 1. The molecule has 0 saturated carbocycles. The number of alkyl halides is 3. The molecule has 198 valence electrons. The van der Waals surface area contributed by atoms with E-state index in [1.54, 1.807) is 6.07 Å². The number of ether oxygens (including phenoxy) is 1. The summed E-state index contributed by atoms with van der Waals surface area (Å²) in [6.07, 6.45) is -7.51. The number of benzene rings is 2. The largest absolute Gasteiger partial charge is 0.401 e. The Morgan fingerprint density at radius 1 is 1.19 bits per heavy atom. The predicted molar refractivity (Wildman–Crippen MR) is 126 cm³/mol. The third kappa shape index (κ3) is 4.52. The molecule has 1 N–H and O–H groups in total. The predicted octanol–water partition coefficient (Wildman–Crippen LogP) is 4.62. The molecule has 14 heteroatoms. The second-order valence-electron chi connectivity index (χ2n) is 9.17. The lowest BCUT2D eigenvalue weighted by molar-refractivity contribution is -0.178. The Labute approximate surface area is 218 Å². The van der Waals surface area contributed by atoms with Gasteiger partial charge in [0.25, 0.3) is 0 Å². The number of hydrogen-bond donors (Lipinski definition) is 1. The Bertz CT molecular complexity index is 1440. The van der Waals surface area contributed by atoms with Gasteiger partial charge in [0.05, 0.1) is 17.5 Å². The molecule has 1 fully saturated rings. The number of sulfone groups is 1. The maximum Gasteiger partial charge on any atom is 0.401 e. The van der Waals surface area contributed by atoms with Gasteiger partial charge in [-0.2, -0.15) is 13.2 Å². The zero-order valence-corrected chi connectivity index (χ0v) is 21.2. The van der Waals surface area contributed by atoms with Crippen LogP contribution in [-0.4, -0.2) is 44.8 Å². The quantitative estimate of drug-likeness (QED) is 0.419. The number of carbonyl (C=O) groups excluding carboxylic acids is 1. The highest BCUT2D eigenvalue weighted by atomic mass is 35.5. The zero-order valence-electron chi connectivity index (χ0n) is 18.9. The van der Waals surface area contributed by atoms with Crippen molar-refractivity contribution in [3.05, 3.63) is 68.4 Å². The van der Waals surface area contributed by atoms with E-state index in [4.69, 9.17) is 32.8 Å². The van der Waals surface area contributed by atoms with Crippen molar-refractivity contribution in [2.75, 3.05) is 19.3 Å². The molecule has 37 heavy (non-hydrogen) atoms. The maximum absolute atomic E-state index is 14.7. The smallest absolute Gasteiger partial charge is 0.386 e. The minimum atomic E-state index is -4.90. The molecule has 3 aliphatic rings. The van der Waals surface area contributed by atoms with Gasteiger partial charge in [0.1, 0.15) is 23.0 Å². The number of carbonyl (C=O) groups is 1. The van der Waals surface area contributed by atoms with Gasteiger partial charge < -0.3 is 14.9 Å². The van der Waals surface area contributed by atoms with Gasteiger partial charge in [-0.1, -0.05) is 40.5 Å². The van der Waals surface area contributed by atoms with Gasteiger partial charge in [-0.05, 0) is 29.3 Å². The monoisotopic (exact) mass is 580 g/mol. The van der Waals surface area contributed by atoms with Crippen molar-refractivity contribution >= 4 is 43.9 Å². The Kier molecular flexibility index (Phi) is 6.35. The summed E-state index contributed by atoms with van der Waals surface area (Å²) in [7, 11) is -4.01. The van der Waals surface area contributed by atoms with Crippen LogP contribution in [0.4, 0.5) is 17.6 Å². The van der Waals surface area contributed by atoms with Crippen LogP contribution < -0.4 is 5.32 Å². The van der Waals surface area contributed by atoms with Crippen molar-refractivity contribution in [2.45, 2.75) is 30.4 Å². The van der Waals surface area contributed by atoms with E-state index in [2.05, 4.69) is 10.5 Å². The van der Waals surface area contributed by atoms with E-state index < -0.39 is 73.4 Å². The second-order valence-corrected chi connectivity index (χ2v) is 12.0. The summed E-state index contributed by atoms with van der Waals surface area (Å²) < 4.78 is 87.1. The van der Waals surface area contributed by atoms with Crippen LogP contribution in [0.15, 0.2) is 35.5 Å². The standard InChI is InChI=1S/C23H18Cl2F4N2O5S/c1-37(33,34)17(32)7-16-12-4-10(2-3-14(12)22(35-16)8-30-9-22)20-18(23(27,28)29)21(36-31-20)13-5-11(24)6-15(25)19(13)26/h2-6,16,18,21,30H,7-9H2,1H3/t16-,18?,21?/m1/s1. The first-order chi connectivity index (χ1) is 17.2. The van der Waals surface area contributed by atoms with Gasteiger partial charge in [-0.25, -0.2) is 12.8 Å². The first-order valence-electron chi connectivity index (χ1n) is 10.9. The van der Waals surface area contributed by atoms with E-state index in [1.165, 1.54) is 12.1 Å². The van der Waals surface area contributed by atoms with E-state index in [9.17, 15) is 30.8 Å². The Balaban J connectivity index is 1.55. The van der Waals surface area contributed by atoms with Crippen LogP contribution in [0.3, 0.4) is 0 Å². The van der Waals surface area contributed by atoms with E-state index in [1.807, 2.05) is 0 Å². The van der Waals surface area contributed by atoms with E-state index in [0.29, 0.717) is 24.2 Å². The molecular formula is C23H18Cl2F4N2O5S. The molecule has 3 heterocycles.